The predicted molar refractivity (Wildman–Crippen MR) is 69.6 cm³/mol. The van der Waals surface area contributed by atoms with E-state index >= 15 is 0 Å². The van der Waals surface area contributed by atoms with E-state index in [4.69, 9.17) is 0 Å². The van der Waals surface area contributed by atoms with Crippen LogP contribution in [0.4, 0.5) is 0 Å². The first-order valence-electron chi connectivity index (χ1n) is 6.85. The van der Waals surface area contributed by atoms with Gasteiger partial charge in [-0.1, -0.05) is 34.1 Å². The minimum Gasteiger partial charge on any atom is -0.311 e. The zero-order valence-electron chi connectivity index (χ0n) is 11.5. The van der Waals surface area contributed by atoms with E-state index in [0.717, 1.165) is 6.54 Å². The lowest BCUT2D eigenvalue weighted by Crippen LogP contribution is -2.57. The molecule has 16 heavy (non-hydrogen) atoms. The molecule has 0 aromatic heterocycles. The van der Waals surface area contributed by atoms with Crippen LogP contribution in [-0.4, -0.2) is 37.1 Å². The number of nitrogens with one attached hydrogen (secondary N) is 1. The second kappa shape index (κ2) is 4.30. The molecule has 1 heterocycles. The normalized spacial score (nSPS) is 31.1. The molecule has 0 bridgehead atoms. The van der Waals surface area contributed by atoms with Crippen molar-refractivity contribution >= 4 is 0 Å². The maximum atomic E-state index is 3.67. The van der Waals surface area contributed by atoms with Crippen molar-refractivity contribution in [1.82, 2.24) is 10.2 Å². The van der Waals surface area contributed by atoms with Crippen LogP contribution in [0.3, 0.4) is 0 Å². The largest absolute Gasteiger partial charge is 0.311 e. The fourth-order valence-electron chi connectivity index (χ4n) is 3.01. The van der Waals surface area contributed by atoms with Gasteiger partial charge in [0.1, 0.15) is 0 Å². The Morgan fingerprint density at radius 3 is 2.50 bits per heavy atom. The lowest BCUT2D eigenvalue weighted by molar-refractivity contribution is 0.0512. The Labute approximate surface area is 101 Å². The molecule has 1 atom stereocenters. The SMILES string of the molecule is CC1(CN2CCNC(C(C)(C)C)C2)CCC1. The third kappa shape index (κ3) is 2.78. The van der Waals surface area contributed by atoms with Gasteiger partial charge in [0, 0.05) is 32.2 Å². The van der Waals surface area contributed by atoms with Crippen LogP contribution >= 0.6 is 0 Å². The van der Waals surface area contributed by atoms with Crippen LogP contribution in [0, 0.1) is 10.8 Å². The van der Waals surface area contributed by atoms with E-state index in [1.165, 1.54) is 38.9 Å². The first kappa shape index (κ1) is 12.4. The first-order chi connectivity index (χ1) is 7.39. The fraction of sp³-hybridized carbons (Fsp3) is 1.00. The quantitative estimate of drug-likeness (QED) is 0.775. The van der Waals surface area contributed by atoms with E-state index in [1.807, 2.05) is 0 Å². The maximum Gasteiger partial charge on any atom is 0.0244 e. The monoisotopic (exact) mass is 224 g/mol. The van der Waals surface area contributed by atoms with Crippen molar-refractivity contribution < 1.29 is 0 Å². The molecular formula is C14H28N2. The highest BCUT2D eigenvalue weighted by Crippen LogP contribution is 2.41. The summed E-state index contributed by atoms with van der Waals surface area (Å²) < 4.78 is 0. The van der Waals surface area contributed by atoms with Crippen LogP contribution in [0.15, 0.2) is 0 Å². The van der Waals surface area contributed by atoms with Gasteiger partial charge in [-0.3, -0.25) is 4.90 Å². The van der Waals surface area contributed by atoms with Gasteiger partial charge in [-0.15, -0.1) is 0 Å². The molecule has 2 heteroatoms. The molecule has 1 aliphatic heterocycles. The zero-order chi connectivity index (χ0) is 11.8. The lowest BCUT2D eigenvalue weighted by Gasteiger charge is -2.47. The molecular weight excluding hydrogens is 196 g/mol. The van der Waals surface area contributed by atoms with Gasteiger partial charge in [-0.2, -0.15) is 0 Å². The van der Waals surface area contributed by atoms with Crippen LogP contribution in [0.1, 0.15) is 47.0 Å². The fourth-order valence-corrected chi connectivity index (χ4v) is 3.01. The highest BCUT2D eigenvalue weighted by molar-refractivity contribution is 4.92. The van der Waals surface area contributed by atoms with Crippen molar-refractivity contribution in [3.8, 4) is 0 Å². The van der Waals surface area contributed by atoms with Crippen LogP contribution in [0.2, 0.25) is 0 Å². The molecule has 1 aliphatic carbocycles. The van der Waals surface area contributed by atoms with Gasteiger partial charge >= 0.3 is 0 Å². The number of piperazine rings is 1. The summed E-state index contributed by atoms with van der Waals surface area (Å²) in [6.45, 7) is 14.5. The zero-order valence-corrected chi connectivity index (χ0v) is 11.5. The molecule has 0 spiro atoms. The van der Waals surface area contributed by atoms with E-state index in [-0.39, 0.29) is 0 Å². The third-order valence-corrected chi connectivity index (χ3v) is 4.47. The van der Waals surface area contributed by atoms with Gasteiger partial charge in [-0.25, -0.2) is 0 Å². The Kier molecular flexibility index (Phi) is 3.33. The number of rotatable bonds is 2. The van der Waals surface area contributed by atoms with Crippen molar-refractivity contribution in [3.05, 3.63) is 0 Å². The molecule has 2 fully saturated rings. The molecule has 2 aliphatic rings. The smallest absolute Gasteiger partial charge is 0.0244 e. The summed E-state index contributed by atoms with van der Waals surface area (Å²) in [6.07, 6.45) is 4.33. The van der Waals surface area contributed by atoms with Gasteiger partial charge in [0.25, 0.3) is 0 Å². The minimum absolute atomic E-state index is 0.388. The molecule has 1 unspecified atom stereocenters. The summed E-state index contributed by atoms with van der Waals surface area (Å²) >= 11 is 0. The second-order valence-electron chi connectivity index (χ2n) is 7.27. The van der Waals surface area contributed by atoms with Crippen LogP contribution in [0.5, 0.6) is 0 Å². The van der Waals surface area contributed by atoms with Gasteiger partial charge in [0.15, 0.2) is 0 Å². The minimum atomic E-state index is 0.388. The van der Waals surface area contributed by atoms with E-state index in [1.54, 1.807) is 0 Å². The van der Waals surface area contributed by atoms with Gasteiger partial charge < -0.3 is 5.32 Å². The van der Waals surface area contributed by atoms with E-state index in [0.29, 0.717) is 16.9 Å². The van der Waals surface area contributed by atoms with Gasteiger partial charge in [0.05, 0.1) is 0 Å². The van der Waals surface area contributed by atoms with E-state index < -0.39 is 0 Å². The summed E-state index contributed by atoms with van der Waals surface area (Å²) in [5, 5.41) is 3.67. The van der Waals surface area contributed by atoms with E-state index in [9.17, 15) is 0 Å². The lowest BCUT2D eigenvalue weighted by atomic mass is 9.70. The van der Waals surface area contributed by atoms with Crippen molar-refractivity contribution in [2.24, 2.45) is 10.8 Å². The molecule has 2 rings (SSSR count). The van der Waals surface area contributed by atoms with Gasteiger partial charge in [-0.05, 0) is 23.7 Å². The Morgan fingerprint density at radius 1 is 1.31 bits per heavy atom. The number of hydrogen-bond acceptors (Lipinski definition) is 2. The Morgan fingerprint density at radius 2 is 2.00 bits per heavy atom. The Bertz CT molecular complexity index is 238. The predicted octanol–water partition coefficient (Wildman–Crippen LogP) is 2.50. The van der Waals surface area contributed by atoms with Crippen LogP contribution in [-0.2, 0) is 0 Å². The average Bonchev–Trinajstić information content (AvgIpc) is 2.14. The number of nitrogens with zero attached hydrogens (tertiary/aromatic N) is 1. The molecule has 0 aromatic rings. The first-order valence-corrected chi connectivity index (χ1v) is 6.85. The topological polar surface area (TPSA) is 15.3 Å². The van der Waals surface area contributed by atoms with Crippen LogP contribution in [0.25, 0.3) is 0 Å². The Hall–Kier alpha value is -0.0800. The number of hydrogen-bond donors (Lipinski definition) is 1. The highest BCUT2D eigenvalue weighted by Gasteiger charge is 2.36. The summed E-state index contributed by atoms with van der Waals surface area (Å²) in [6, 6.07) is 0.657. The standard InChI is InChI=1S/C14H28N2/c1-13(2,3)12-10-16(9-8-15-12)11-14(4)6-5-7-14/h12,15H,5-11H2,1-4H3. The molecule has 2 nitrogen and oxygen atoms in total. The maximum absolute atomic E-state index is 3.67. The molecule has 94 valence electrons. The molecule has 0 amide bonds. The van der Waals surface area contributed by atoms with Crippen molar-refractivity contribution in [2.75, 3.05) is 26.2 Å². The molecule has 0 aromatic carbocycles. The van der Waals surface area contributed by atoms with Gasteiger partial charge in [0.2, 0.25) is 0 Å². The molecule has 0 radical (unpaired) electrons. The molecule has 1 N–H and O–H groups in total. The van der Waals surface area contributed by atoms with Crippen molar-refractivity contribution in [1.29, 1.82) is 0 Å². The van der Waals surface area contributed by atoms with Crippen LogP contribution < -0.4 is 5.32 Å². The summed E-state index contributed by atoms with van der Waals surface area (Å²) in [5.74, 6) is 0. The van der Waals surface area contributed by atoms with Crippen molar-refractivity contribution in [2.45, 2.75) is 53.0 Å². The summed E-state index contributed by atoms with van der Waals surface area (Å²) in [4.78, 5) is 2.69. The second-order valence-corrected chi connectivity index (χ2v) is 7.27. The highest BCUT2D eigenvalue weighted by atomic mass is 15.2. The van der Waals surface area contributed by atoms with E-state index in [2.05, 4.69) is 37.9 Å². The van der Waals surface area contributed by atoms with Crippen molar-refractivity contribution in [3.63, 3.8) is 0 Å². The third-order valence-electron chi connectivity index (χ3n) is 4.47. The summed E-state index contributed by atoms with van der Waals surface area (Å²) in [7, 11) is 0. The molecule has 1 saturated heterocycles. The average molecular weight is 224 g/mol. The Balaban J connectivity index is 1.87. The summed E-state index contributed by atoms with van der Waals surface area (Å²) in [5.41, 5.74) is 1.03. The molecule has 1 saturated carbocycles.